The molecule has 2 rings (SSSR count). The Morgan fingerprint density at radius 3 is 2.67 bits per heavy atom. The van der Waals surface area contributed by atoms with Gasteiger partial charge in [0, 0.05) is 12.1 Å². The van der Waals surface area contributed by atoms with Crippen LogP contribution in [0.25, 0.3) is 0 Å². The van der Waals surface area contributed by atoms with Crippen molar-refractivity contribution >= 4 is 0 Å². The molecule has 2 aromatic rings. The van der Waals surface area contributed by atoms with E-state index in [9.17, 15) is 5.11 Å². The Labute approximate surface area is 88.8 Å². The second-order valence-corrected chi connectivity index (χ2v) is 3.18. The van der Waals surface area contributed by atoms with Crippen molar-refractivity contribution in [2.45, 2.75) is 6.61 Å². The summed E-state index contributed by atoms with van der Waals surface area (Å²) in [7, 11) is 0. The molecule has 1 radical (unpaired) electrons. The molecular formula is C13H11O2. The van der Waals surface area contributed by atoms with Crippen LogP contribution >= 0.6 is 0 Å². The van der Waals surface area contributed by atoms with Crippen molar-refractivity contribution in [1.82, 2.24) is 0 Å². The molecule has 0 spiro atoms. The number of ether oxygens (including phenoxy) is 1. The van der Waals surface area contributed by atoms with Crippen molar-refractivity contribution in [2.24, 2.45) is 0 Å². The van der Waals surface area contributed by atoms with Crippen LogP contribution in [0.1, 0.15) is 5.56 Å². The van der Waals surface area contributed by atoms with Gasteiger partial charge < -0.3 is 9.84 Å². The third-order valence-corrected chi connectivity index (χ3v) is 2.01. The van der Waals surface area contributed by atoms with E-state index in [1.54, 1.807) is 18.2 Å². The first-order valence-corrected chi connectivity index (χ1v) is 4.72. The lowest BCUT2D eigenvalue weighted by Crippen LogP contribution is -1.94. The Bertz CT molecular complexity index is 424. The van der Waals surface area contributed by atoms with Crippen molar-refractivity contribution < 1.29 is 9.84 Å². The van der Waals surface area contributed by atoms with E-state index < -0.39 is 0 Å². The molecular weight excluding hydrogens is 188 g/mol. The van der Waals surface area contributed by atoms with Crippen molar-refractivity contribution in [3.05, 3.63) is 60.2 Å². The summed E-state index contributed by atoms with van der Waals surface area (Å²) in [6, 6.07) is 17.5. The summed E-state index contributed by atoms with van der Waals surface area (Å²) in [5.41, 5.74) is 1.10. The Morgan fingerprint density at radius 1 is 1.13 bits per heavy atom. The van der Waals surface area contributed by atoms with Crippen molar-refractivity contribution in [3.8, 4) is 11.5 Å². The lowest BCUT2D eigenvalue weighted by Gasteiger charge is -2.05. The minimum absolute atomic E-state index is 0.0977. The van der Waals surface area contributed by atoms with Gasteiger partial charge >= 0.3 is 0 Å². The van der Waals surface area contributed by atoms with Crippen LogP contribution in [-0.2, 0) is 6.61 Å². The van der Waals surface area contributed by atoms with E-state index in [1.807, 2.05) is 30.3 Å². The van der Waals surface area contributed by atoms with Crippen LogP contribution in [0.4, 0.5) is 0 Å². The topological polar surface area (TPSA) is 29.5 Å². The van der Waals surface area contributed by atoms with Gasteiger partial charge in [-0.1, -0.05) is 30.3 Å². The molecule has 15 heavy (non-hydrogen) atoms. The third-order valence-electron chi connectivity index (χ3n) is 2.01. The molecule has 0 amide bonds. The molecule has 2 nitrogen and oxygen atoms in total. The molecule has 0 bridgehead atoms. The van der Waals surface area contributed by atoms with E-state index in [4.69, 9.17) is 4.74 Å². The van der Waals surface area contributed by atoms with Crippen molar-refractivity contribution in [3.63, 3.8) is 0 Å². The Morgan fingerprint density at radius 2 is 1.93 bits per heavy atom. The molecule has 0 aromatic heterocycles. The number of phenolic OH excluding ortho intramolecular Hbond substituents is 1. The minimum Gasteiger partial charge on any atom is -0.507 e. The van der Waals surface area contributed by atoms with Gasteiger partial charge in [-0.2, -0.15) is 0 Å². The lowest BCUT2D eigenvalue weighted by molar-refractivity contribution is 0.304. The maximum atomic E-state index is 9.17. The summed E-state index contributed by atoms with van der Waals surface area (Å²) in [6.07, 6.45) is 0. The van der Waals surface area contributed by atoms with Gasteiger partial charge in [0.25, 0.3) is 0 Å². The highest BCUT2D eigenvalue weighted by molar-refractivity contribution is 5.31. The zero-order valence-corrected chi connectivity index (χ0v) is 8.18. The zero-order valence-electron chi connectivity index (χ0n) is 8.18. The monoisotopic (exact) mass is 199 g/mol. The molecule has 0 atom stereocenters. The van der Waals surface area contributed by atoms with E-state index >= 15 is 0 Å². The summed E-state index contributed by atoms with van der Waals surface area (Å²) in [5.74, 6) is 0.746. The summed E-state index contributed by atoms with van der Waals surface area (Å²) in [5, 5.41) is 9.17. The second kappa shape index (κ2) is 4.51. The van der Waals surface area contributed by atoms with Gasteiger partial charge in [-0.25, -0.2) is 0 Å². The van der Waals surface area contributed by atoms with Gasteiger partial charge in [0.15, 0.2) is 0 Å². The molecule has 0 saturated heterocycles. The molecule has 2 aromatic carbocycles. The first-order valence-electron chi connectivity index (χ1n) is 4.72. The van der Waals surface area contributed by atoms with Gasteiger partial charge in [0.1, 0.15) is 18.1 Å². The Balaban J connectivity index is 1.99. The molecule has 0 unspecified atom stereocenters. The van der Waals surface area contributed by atoms with Gasteiger partial charge in [0.05, 0.1) is 0 Å². The van der Waals surface area contributed by atoms with Gasteiger partial charge in [-0.3, -0.25) is 0 Å². The standard InChI is InChI=1S/C13H11O2/c14-12-7-4-8-13(9-12)15-10-11-5-2-1-3-6-11/h1-6,8-9,14H,10H2. The van der Waals surface area contributed by atoms with Crippen LogP contribution in [-0.4, -0.2) is 5.11 Å². The quantitative estimate of drug-likeness (QED) is 0.823. The number of phenols is 1. The average molecular weight is 199 g/mol. The molecule has 75 valence electrons. The highest BCUT2D eigenvalue weighted by atomic mass is 16.5. The average Bonchev–Trinajstić information content (AvgIpc) is 2.28. The SMILES string of the molecule is Oc1[c]ccc(OCc2ccccc2)c1. The smallest absolute Gasteiger partial charge is 0.127 e. The largest absolute Gasteiger partial charge is 0.507 e. The van der Waals surface area contributed by atoms with Gasteiger partial charge in [-0.05, 0) is 17.7 Å². The Hall–Kier alpha value is -1.96. The predicted molar refractivity (Wildman–Crippen MR) is 57.7 cm³/mol. The molecule has 0 aliphatic rings. The van der Waals surface area contributed by atoms with Crippen molar-refractivity contribution in [2.75, 3.05) is 0 Å². The van der Waals surface area contributed by atoms with Gasteiger partial charge in [-0.15, -0.1) is 0 Å². The van der Waals surface area contributed by atoms with E-state index in [0.29, 0.717) is 12.4 Å². The highest BCUT2D eigenvalue weighted by Gasteiger charge is 1.96. The predicted octanol–water partition coefficient (Wildman–Crippen LogP) is 2.77. The number of hydrogen-bond acceptors (Lipinski definition) is 2. The number of hydrogen-bond donors (Lipinski definition) is 1. The minimum atomic E-state index is 0.0977. The maximum Gasteiger partial charge on any atom is 0.127 e. The summed E-state index contributed by atoms with van der Waals surface area (Å²) in [6.45, 7) is 0.504. The highest BCUT2D eigenvalue weighted by Crippen LogP contribution is 2.18. The second-order valence-electron chi connectivity index (χ2n) is 3.18. The zero-order chi connectivity index (χ0) is 10.5. The molecule has 1 N–H and O–H groups in total. The first kappa shape index (κ1) is 9.59. The molecule has 0 saturated carbocycles. The fourth-order valence-electron chi connectivity index (χ4n) is 1.26. The van der Waals surface area contributed by atoms with Crippen LogP contribution in [0, 0.1) is 6.07 Å². The van der Waals surface area contributed by atoms with Crippen LogP contribution in [0.2, 0.25) is 0 Å². The number of rotatable bonds is 3. The third kappa shape index (κ3) is 2.74. The molecule has 0 aliphatic carbocycles. The fraction of sp³-hybridized carbons (Fsp3) is 0.0769. The number of aromatic hydroxyl groups is 1. The Kier molecular flexibility index (Phi) is 2.88. The maximum absolute atomic E-state index is 9.17. The van der Waals surface area contributed by atoms with Crippen LogP contribution in [0.5, 0.6) is 11.5 Å². The van der Waals surface area contributed by atoms with Crippen molar-refractivity contribution in [1.29, 1.82) is 0 Å². The normalized spacial score (nSPS) is 9.87. The van der Waals surface area contributed by atoms with E-state index in [0.717, 1.165) is 5.56 Å². The van der Waals surface area contributed by atoms with E-state index in [2.05, 4.69) is 6.07 Å². The summed E-state index contributed by atoms with van der Waals surface area (Å²) in [4.78, 5) is 0. The van der Waals surface area contributed by atoms with E-state index in [1.165, 1.54) is 0 Å². The first-order chi connectivity index (χ1) is 7.34. The molecule has 0 aliphatic heterocycles. The summed E-state index contributed by atoms with van der Waals surface area (Å²) < 4.78 is 5.49. The van der Waals surface area contributed by atoms with Crippen LogP contribution in [0.3, 0.4) is 0 Å². The van der Waals surface area contributed by atoms with E-state index in [-0.39, 0.29) is 5.75 Å². The van der Waals surface area contributed by atoms with Crippen LogP contribution < -0.4 is 4.74 Å². The van der Waals surface area contributed by atoms with Gasteiger partial charge in [0.2, 0.25) is 0 Å². The number of benzene rings is 2. The summed E-state index contributed by atoms with van der Waals surface area (Å²) >= 11 is 0. The molecule has 0 heterocycles. The van der Waals surface area contributed by atoms with Crippen LogP contribution in [0.15, 0.2) is 48.5 Å². The fourth-order valence-corrected chi connectivity index (χ4v) is 1.26. The molecule has 0 fully saturated rings. The lowest BCUT2D eigenvalue weighted by atomic mass is 10.2. The molecule has 2 heteroatoms.